The van der Waals surface area contributed by atoms with Gasteiger partial charge in [0.2, 0.25) is 0 Å². The largest absolute Gasteiger partial charge is 0.424 e. The van der Waals surface area contributed by atoms with E-state index in [-0.39, 0.29) is 6.61 Å². The summed E-state index contributed by atoms with van der Waals surface area (Å²) in [5.74, 6) is 0.802. The molecule has 0 radical (unpaired) electrons. The van der Waals surface area contributed by atoms with Crippen LogP contribution in [-0.2, 0) is 6.61 Å². The summed E-state index contributed by atoms with van der Waals surface area (Å²) in [6.07, 6.45) is 1.60. The number of nitrogens with zero attached hydrogens (tertiary/aromatic N) is 2. The zero-order chi connectivity index (χ0) is 14.0. The molecule has 100 valence electrons. The number of ether oxygens (including phenoxy) is 1. The summed E-state index contributed by atoms with van der Waals surface area (Å²) in [6.45, 7) is 7.83. The van der Waals surface area contributed by atoms with E-state index in [4.69, 9.17) is 9.84 Å². The third kappa shape index (κ3) is 2.74. The molecule has 4 nitrogen and oxygen atoms in total. The molecular formula is C15H18N2O2. The Morgan fingerprint density at radius 1 is 1.11 bits per heavy atom. The molecule has 0 saturated carbocycles. The Bertz CT molecular complexity index is 609. The summed E-state index contributed by atoms with van der Waals surface area (Å²) >= 11 is 0. The minimum absolute atomic E-state index is 0.0609. The Kier molecular flexibility index (Phi) is 3.81. The number of hydrogen-bond donors (Lipinski definition) is 1. The number of rotatable bonds is 3. The predicted molar refractivity (Wildman–Crippen MR) is 73.4 cm³/mol. The van der Waals surface area contributed by atoms with Gasteiger partial charge in [-0.3, -0.25) is 0 Å². The molecule has 2 rings (SSSR count). The SMILES string of the molecule is Cc1ccc(C)c(Oc2ncc(CO)c(C)n2)c1C. The number of aryl methyl sites for hydroxylation is 3. The van der Waals surface area contributed by atoms with Gasteiger partial charge >= 0.3 is 6.01 Å². The highest BCUT2D eigenvalue weighted by molar-refractivity contribution is 5.45. The Hall–Kier alpha value is -1.94. The van der Waals surface area contributed by atoms with Gasteiger partial charge in [0.05, 0.1) is 12.3 Å². The topological polar surface area (TPSA) is 55.2 Å². The monoisotopic (exact) mass is 258 g/mol. The molecule has 19 heavy (non-hydrogen) atoms. The van der Waals surface area contributed by atoms with Gasteiger partial charge < -0.3 is 9.84 Å². The van der Waals surface area contributed by atoms with Crippen LogP contribution in [0.1, 0.15) is 27.9 Å². The van der Waals surface area contributed by atoms with Crippen molar-refractivity contribution in [2.24, 2.45) is 0 Å². The lowest BCUT2D eigenvalue weighted by molar-refractivity contribution is 0.279. The van der Waals surface area contributed by atoms with E-state index in [0.29, 0.717) is 11.6 Å². The molecule has 2 aromatic rings. The van der Waals surface area contributed by atoms with Crippen molar-refractivity contribution in [1.82, 2.24) is 9.97 Å². The maximum absolute atomic E-state index is 9.10. The molecule has 0 aliphatic heterocycles. The fraction of sp³-hybridized carbons (Fsp3) is 0.333. The van der Waals surface area contributed by atoms with Crippen LogP contribution in [-0.4, -0.2) is 15.1 Å². The molecule has 0 amide bonds. The third-order valence-electron chi connectivity index (χ3n) is 3.30. The standard InChI is InChI=1S/C15H18N2O2/c1-9-5-6-10(2)14(11(9)3)19-15-16-7-13(8-18)12(4)17-15/h5-7,18H,8H2,1-4H3. The molecule has 1 heterocycles. The lowest BCUT2D eigenvalue weighted by Gasteiger charge is -2.13. The van der Waals surface area contributed by atoms with Gasteiger partial charge in [-0.1, -0.05) is 12.1 Å². The van der Waals surface area contributed by atoms with E-state index < -0.39 is 0 Å². The van der Waals surface area contributed by atoms with Crippen LogP contribution in [0.25, 0.3) is 0 Å². The second kappa shape index (κ2) is 5.36. The Balaban J connectivity index is 2.36. The van der Waals surface area contributed by atoms with Gasteiger partial charge in [0, 0.05) is 11.8 Å². The number of aliphatic hydroxyl groups excluding tert-OH is 1. The van der Waals surface area contributed by atoms with Crippen molar-refractivity contribution in [3.8, 4) is 11.8 Å². The number of hydrogen-bond acceptors (Lipinski definition) is 4. The molecule has 0 unspecified atom stereocenters. The molecule has 0 aliphatic rings. The van der Waals surface area contributed by atoms with E-state index in [1.54, 1.807) is 6.20 Å². The van der Waals surface area contributed by atoms with Crippen molar-refractivity contribution < 1.29 is 9.84 Å². The summed E-state index contributed by atoms with van der Waals surface area (Å²) in [6, 6.07) is 4.40. The molecule has 0 fully saturated rings. The number of aliphatic hydroxyl groups is 1. The molecule has 1 aromatic carbocycles. The summed E-state index contributed by atoms with van der Waals surface area (Å²) in [7, 11) is 0. The first-order valence-electron chi connectivity index (χ1n) is 6.21. The van der Waals surface area contributed by atoms with Gasteiger partial charge in [-0.25, -0.2) is 4.98 Å². The zero-order valence-electron chi connectivity index (χ0n) is 11.7. The van der Waals surface area contributed by atoms with Crippen LogP contribution in [0.4, 0.5) is 0 Å². The van der Waals surface area contributed by atoms with E-state index >= 15 is 0 Å². The van der Waals surface area contributed by atoms with Crippen molar-refractivity contribution in [3.63, 3.8) is 0 Å². The van der Waals surface area contributed by atoms with E-state index in [1.165, 1.54) is 5.56 Å². The lowest BCUT2D eigenvalue weighted by atomic mass is 10.1. The quantitative estimate of drug-likeness (QED) is 0.919. The molecule has 1 aromatic heterocycles. The highest BCUT2D eigenvalue weighted by Crippen LogP contribution is 2.29. The average molecular weight is 258 g/mol. The van der Waals surface area contributed by atoms with Crippen molar-refractivity contribution in [2.75, 3.05) is 0 Å². The van der Waals surface area contributed by atoms with Gasteiger partial charge in [0.1, 0.15) is 5.75 Å². The van der Waals surface area contributed by atoms with Gasteiger partial charge in [0.25, 0.3) is 0 Å². The Labute approximate surface area is 113 Å². The van der Waals surface area contributed by atoms with Crippen LogP contribution in [0.15, 0.2) is 18.3 Å². The molecule has 1 N–H and O–H groups in total. The maximum atomic E-state index is 9.10. The van der Waals surface area contributed by atoms with Crippen LogP contribution >= 0.6 is 0 Å². The predicted octanol–water partition coefficient (Wildman–Crippen LogP) is 2.99. The third-order valence-corrected chi connectivity index (χ3v) is 3.30. The van der Waals surface area contributed by atoms with Crippen LogP contribution < -0.4 is 4.74 Å². The number of benzene rings is 1. The molecule has 0 spiro atoms. The van der Waals surface area contributed by atoms with Crippen molar-refractivity contribution in [3.05, 3.63) is 46.3 Å². The first kappa shape index (κ1) is 13.5. The second-order valence-corrected chi connectivity index (χ2v) is 4.68. The zero-order valence-corrected chi connectivity index (χ0v) is 11.7. The molecule has 0 atom stereocenters. The van der Waals surface area contributed by atoms with Gasteiger partial charge in [-0.15, -0.1) is 0 Å². The first-order chi connectivity index (χ1) is 9.02. The van der Waals surface area contributed by atoms with Crippen molar-refractivity contribution in [2.45, 2.75) is 34.3 Å². The van der Waals surface area contributed by atoms with E-state index in [1.807, 2.05) is 33.8 Å². The summed E-state index contributed by atoms with van der Waals surface area (Å²) in [4.78, 5) is 8.38. The Morgan fingerprint density at radius 2 is 1.79 bits per heavy atom. The van der Waals surface area contributed by atoms with E-state index in [0.717, 1.165) is 22.6 Å². The molecule has 4 heteroatoms. The lowest BCUT2D eigenvalue weighted by Crippen LogP contribution is -2.00. The first-order valence-corrected chi connectivity index (χ1v) is 6.21. The molecular weight excluding hydrogens is 240 g/mol. The van der Waals surface area contributed by atoms with Crippen molar-refractivity contribution in [1.29, 1.82) is 0 Å². The van der Waals surface area contributed by atoms with Gasteiger partial charge in [-0.05, 0) is 44.4 Å². The summed E-state index contributed by atoms with van der Waals surface area (Å²) in [5, 5.41) is 9.10. The normalized spacial score (nSPS) is 10.6. The smallest absolute Gasteiger partial charge is 0.322 e. The second-order valence-electron chi connectivity index (χ2n) is 4.68. The fourth-order valence-electron chi connectivity index (χ4n) is 1.85. The van der Waals surface area contributed by atoms with Gasteiger partial charge in [0.15, 0.2) is 0 Å². The van der Waals surface area contributed by atoms with Crippen LogP contribution in [0.2, 0.25) is 0 Å². The van der Waals surface area contributed by atoms with Crippen LogP contribution in [0, 0.1) is 27.7 Å². The summed E-state index contributed by atoms with van der Waals surface area (Å²) < 4.78 is 5.80. The van der Waals surface area contributed by atoms with Crippen LogP contribution in [0.5, 0.6) is 11.8 Å². The number of aromatic nitrogens is 2. The fourth-order valence-corrected chi connectivity index (χ4v) is 1.85. The Morgan fingerprint density at radius 3 is 2.42 bits per heavy atom. The minimum Gasteiger partial charge on any atom is -0.424 e. The molecule has 0 saturated heterocycles. The maximum Gasteiger partial charge on any atom is 0.322 e. The average Bonchev–Trinajstić information content (AvgIpc) is 2.39. The van der Waals surface area contributed by atoms with Crippen LogP contribution in [0.3, 0.4) is 0 Å². The molecule has 0 bridgehead atoms. The highest BCUT2D eigenvalue weighted by Gasteiger charge is 2.10. The van der Waals surface area contributed by atoms with Crippen molar-refractivity contribution >= 4 is 0 Å². The summed E-state index contributed by atoms with van der Waals surface area (Å²) in [5.41, 5.74) is 4.76. The van der Waals surface area contributed by atoms with Gasteiger partial charge in [-0.2, -0.15) is 4.98 Å². The molecule has 0 aliphatic carbocycles. The highest BCUT2D eigenvalue weighted by atomic mass is 16.5. The minimum atomic E-state index is -0.0609. The van der Waals surface area contributed by atoms with E-state index in [2.05, 4.69) is 16.0 Å². The van der Waals surface area contributed by atoms with E-state index in [9.17, 15) is 0 Å².